The maximum absolute atomic E-state index is 12.7. The van der Waals surface area contributed by atoms with Crippen molar-refractivity contribution in [2.75, 3.05) is 14.2 Å². The molecule has 6 nitrogen and oxygen atoms in total. The monoisotopic (exact) mass is 358 g/mol. The molecule has 2 aromatic rings. The number of rotatable bonds is 6. The second-order valence-corrected chi connectivity index (χ2v) is 6.24. The molecule has 6 heteroatoms. The number of benzene rings is 1. The first-order valence-corrected chi connectivity index (χ1v) is 8.54. The summed E-state index contributed by atoms with van der Waals surface area (Å²) in [4.78, 5) is 25.2. The van der Waals surface area contributed by atoms with Gasteiger partial charge in [0.1, 0.15) is 5.56 Å². The fourth-order valence-corrected chi connectivity index (χ4v) is 2.87. The summed E-state index contributed by atoms with van der Waals surface area (Å²) in [7, 11) is 4.82. The number of methoxy groups -OCH3 is 2. The van der Waals surface area contributed by atoms with Gasteiger partial charge in [-0.25, -0.2) is 0 Å². The first-order valence-electron chi connectivity index (χ1n) is 8.54. The highest BCUT2D eigenvalue weighted by atomic mass is 16.5. The van der Waals surface area contributed by atoms with Gasteiger partial charge in [0.25, 0.3) is 11.5 Å². The second kappa shape index (κ2) is 8.08. The molecule has 1 unspecified atom stereocenters. The highest BCUT2D eigenvalue weighted by molar-refractivity contribution is 5.94. The van der Waals surface area contributed by atoms with E-state index >= 15 is 0 Å². The molecular weight excluding hydrogens is 332 g/mol. The Balaban J connectivity index is 2.34. The zero-order chi connectivity index (χ0) is 19.4. The quantitative estimate of drug-likeness (QED) is 0.862. The average molecular weight is 358 g/mol. The molecular formula is C20H26N2O4. The van der Waals surface area contributed by atoms with E-state index in [0.29, 0.717) is 17.9 Å². The fraction of sp³-hybridized carbons (Fsp3) is 0.400. The Kier molecular flexibility index (Phi) is 6.08. The van der Waals surface area contributed by atoms with Gasteiger partial charge in [-0.3, -0.25) is 9.59 Å². The molecule has 0 saturated heterocycles. The standard InChI is InChI=1S/C20H26N2O4/c1-7-16(14-8-9-17(25-5)18(11-14)26-6)21-19(23)15-10-12(2)13(3)22(4)20(15)24/h8-11,16H,7H2,1-6H3,(H,21,23). The normalized spacial score (nSPS) is 11.8. The van der Waals surface area contributed by atoms with E-state index in [1.54, 1.807) is 33.4 Å². The van der Waals surface area contributed by atoms with E-state index in [1.165, 1.54) is 4.57 Å². The van der Waals surface area contributed by atoms with Crippen LogP contribution in [0.1, 0.15) is 46.6 Å². The number of pyridine rings is 1. The summed E-state index contributed by atoms with van der Waals surface area (Å²) in [5, 5.41) is 2.95. The van der Waals surface area contributed by atoms with E-state index < -0.39 is 0 Å². The van der Waals surface area contributed by atoms with Gasteiger partial charge in [-0.15, -0.1) is 0 Å². The van der Waals surface area contributed by atoms with E-state index in [4.69, 9.17) is 9.47 Å². The number of hydrogen-bond acceptors (Lipinski definition) is 4. The molecule has 0 fully saturated rings. The third kappa shape index (κ3) is 3.74. The van der Waals surface area contributed by atoms with Crippen molar-refractivity contribution in [1.29, 1.82) is 0 Å². The van der Waals surface area contributed by atoms with Gasteiger partial charge in [0.15, 0.2) is 11.5 Å². The number of ether oxygens (including phenoxy) is 2. The van der Waals surface area contributed by atoms with Crippen LogP contribution in [0.15, 0.2) is 29.1 Å². The number of carbonyl (C=O) groups is 1. The maximum Gasteiger partial charge on any atom is 0.263 e. The molecule has 0 aliphatic rings. The lowest BCUT2D eigenvalue weighted by molar-refractivity contribution is 0.0933. The van der Waals surface area contributed by atoms with Crippen LogP contribution in [-0.2, 0) is 7.05 Å². The average Bonchev–Trinajstić information content (AvgIpc) is 2.66. The van der Waals surface area contributed by atoms with Crippen LogP contribution in [0.2, 0.25) is 0 Å². The van der Waals surface area contributed by atoms with Gasteiger partial charge in [-0.2, -0.15) is 0 Å². The van der Waals surface area contributed by atoms with Crippen molar-refractivity contribution in [2.24, 2.45) is 7.05 Å². The van der Waals surface area contributed by atoms with Gasteiger partial charge >= 0.3 is 0 Å². The highest BCUT2D eigenvalue weighted by Crippen LogP contribution is 2.30. The summed E-state index contributed by atoms with van der Waals surface area (Å²) in [5.74, 6) is 0.843. The minimum atomic E-state index is -0.379. The summed E-state index contributed by atoms with van der Waals surface area (Å²) < 4.78 is 12.1. The van der Waals surface area contributed by atoms with E-state index in [-0.39, 0.29) is 23.1 Å². The van der Waals surface area contributed by atoms with Gasteiger partial charge < -0.3 is 19.4 Å². The predicted molar refractivity (Wildman–Crippen MR) is 101 cm³/mol. The minimum Gasteiger partial charge on any atom is -0.493 e. The van der Waals surface area contributed by atoms with Crippen LogP contribution < -0.4 is 20.3 Å². The van der Waals surface area contributed by atoms with Crippen LogP contribution in [-0.4, -0.2) is 24.7 Å². The van der Waals surface area contributed by atoms with Crippen molar-refractivity contribution < 1.29 is 14.3 Å². The van der Waals surface area contributed by atoms with Gasteiger partial charge in [-0.1, -0.05) is 13.0 Å². The Hall–Kier alpha value is -2.76. The molecule has 140 valence electrons. The SMILES string of the molecule is CCC(NC(=O)c1cc(C)c(C)n(C)c1=O)c1ccc(OC)c(OC)c1. The highest BCUT2D eigenvalue weighted by Gasteiger charge is 2.19. The Morgan fingerprint density at radius 2 is 1.81 bits per heavy atom. The summed E-state index contributed by atoms with van der Waals surface area (Å²) in [6, 6.07) is 6.93. The van der Waals surface area contributed by atoms with E-state index in [9.17, 15) is 9.59 Å². The number of amides is 1. The molecule has 0 aliphatic carbocycles. The van der Waals surface area contributed by atoms with E-state index in [0.717, 1.165) is 16.8 Å². The summed E-state index contributed by atoms with van der Waals surface area (Å²) in [6.07, 6.45) is 0.673. The lowest BCUT2D eigenvalue weighted by atomic mass is 10.0. The Morgan fingerprint density at radius 3 is 2.38 bits per heavy atom. The summed E-state index contributed by atoms with van der Waals surface area (Å²) in [5.41, 5.74) is 2.48. The minimum absolute atomic E-state index is 0.148. The first-order chi connectivity index (χ1) is 12.3. The number of carbonyl (C=O) groups excluding carboxylic acids is 1. The smallest absolute Gasteiger partial charge is 0.263 e. The van der Waals surface area contributed by atoms with Gasteiger partial charge in [0.05, 0.1) is 20.3 Å². The summed E-state index contributed by atoms with van der Waals surface area (Å²) >= 11 is 0. The topological polar surface area (TPSA) is 69.6 Å². The van der Waals surface area contributed by atoms with Gasteiger partial charge in [0.2, 0.25) is 0 Å². The Bertz CT molecular complexity index is 871. The lowest BCUT2D eigenvalue weighted by Crippen LogP contribution is -2.35. The van der Waals surface area contributed by atoms with Gasteiger partial charge in [0, 0.05) is 12.7 Å². The molecule has 26 heavy (non-hydrogen) atoms. The number of aromatic nitrogens is 1. The Labute approximate surface area is 153 Å². The molecule has 0 saturated carbocycles. The molecule has 1 N–H and O–H groups in total. The second-order valence-electron chi connectivity index (χ2n) is 6.24. The van der Waals surface area contributed by atoms with Crippen molar-refractivity contribution in [3.8, 4) is 11.5 Å². The van der Waals surface area contributed by atoms with Gasteiger partial charge in [-0.05, 0) is 49.6 Å². The van der Waals surface area contributed by atoms with Crippen LogP contribution in [0.4, 0.5) is 0 Å². The summed E-state index contributed by atoms with van der Waals surface area (Å²) in [6.45, 7) is 5.72. The molecule has 0 spiro atoms. The first kappa shape index (κ1) is 19.6. The molecule has 2 rings (SSSR count). The number of aryl methyl sites for hydroxylation is 1. The molecule has 1 atom stereocenters. The molecule has 1 heterocycles. The third-order valence-electron chi connectivity index (χ3n) is 4.74. The molecule has 1 aromatic heterocycles. The predicted octanol–water partition coefficient (Wildman–Crippen LogP) is 2.90. The number of nitrogens with one attached hydrogen (secondary N) is 1. The zero-order valence-corrected chi connectivity index (χ0v) is 16.2. The third-order valence-corrected chi connectivity index (χ3v) is 4.74. The van der Waals surface area contributed by atoms with Crippen molar-refractivity contribution in [1.82, 2.24) is 9.88 Å². The molecule has 0 radical (unpaired) electrons. The van der Waals surface area contributed by atoms with Crippen LogP contribution in [0.3, 0.4) is 0 Å². The largest absolute Gasteiger partial charge is 0.493 e. The zero-order valence-electron chi connectivity index (χ0n) is 16.2. The van der Waals surface area contributed by atoms with Crippen molar-refractivity contribution in [3.63, 3.8) is 0 Å². The van der Waals surface area contributed by atoms with Crippen LogP contribution in [0, 0.1) is 13.8 Å². The molecule has 1 aromatic carbocycles. The number of hydrogen-bond donors (Lipinski definition) is 1. The molecule has 0 aliphatic heterocycles. The van der Waals surface area contributed by atoms with Crippen LogP contribution in [0.5, 0.6) is 11.5 Å². The fourth-order valence-electron chi connectivity index (χ4n) is 2.87. The van der Waals surface area contributed by atoms with Crippen LogP contribution >= 0.6 is 0 Å². The Morgan fingerprint density at radius 1 is 1.15 bits per heavy atom. The number of nitrogens with zero attached hydrogens (tertiary/aromatic N) is 1. The van der Waals surface area contributed by atoms with E-state index in [2.05, 4.69) is 5.32 Å². The molecule has 1 amide bonds. The van der Waals surface area contributed by atoms with E-state index in [1.807, 2.05) is 32.9 Å². The molecule has 0 bridgehead atoms. The van der Waals surface area contributed by atoms with Crippen molar-refractivity contribution in [3.05, 3.63) is 57.0 Å². The van der Waals surface area contributed by atoms with Crippen molar-refractivity contribution >= 4 is 5.91 Å². The maximum atomic E-state index is 12.7. The van der Waals surface area contributed by atoms with Crippen LogP contribution in [0.25, 0.3) is 0 Å². The van der Waals surface area contributed by atoms with Crippen molar-refractivity contribution in [2.45, 2.75) is 33.2 Å². The lowest BCUT2D eigenvalue weighted by Gasteiger charge is -2.19.